The molecule has 1 aromatic rings. The Balaban J connectivity index is 2.10. The fourth-order valence-corrected chi connectivity index (χ4v) is 1.97. The van der Waals surface area contributed by atoms with E-state index in [-0.39, 0.29) is 11.8 Å². The van der Waals surface area contributed by atoms with Crippen molar-refractivity contribution in [2.24, 2.45) is 0 Å². The standard InChI is InChI=1S/C13H18N2O2S/c1-2-3-4-7-14-12(16)5-8-15-13(17)11-6-9-18-10-11/h2-3,6,9-10H,4-5,7-8H2,1H3,(H,14,16)(H,15,17)/b3-2+. The van der Waals surface area contributed by atoms with Gasteiger partial charge in [0.2, 0.25) is 5.91 Å². The monoisotopic (exact) mass is 266 g/mol. The summed E-state index contributed by atoms with van der Waals surface area (Å²) in [6.07, 6.45) is 5.10. The summed E-state index contributed by atoms with van der Waals surface area (Å²) in [5, 5.41) is 9.13. The number of hydrogen-bond acceptors (Lipinski definition) is 3. The van der Waals surface area contributed by atoms with E-state index in [1.165, 1.54) is 11.3 Å². The zero-order chi connectivity index (χ0) is 13.2. The SMILES string of the molecule is C/C=C/CCNC(=O)CCNC(=O)c1ccsc1. The van der Waals surface area contributed by atoms with E-state index in [1.54, 1.807) is 11.4 Å². The lowest BCUT2D eigenvalue weighted by molar-refractivity contribution is -0.120. The van der Waals surface area contributed by atoms with Crippen LogP contribution in [0, 0.1) is 0 Å². The lowest BCUT2D eigenvalue weighted by atomic mass is 10.3. The first-order chi connectivity index (χ1) is 8.74. The molecule has 1 aromatic heterocycles. The second-order valence-electron chi connectivity index (χ2n) is 3.73. The van der Waals surface area contributed by atoms with Gasteiger partial charge in [-0.1, -0.05) is 12.2 Å². The summed E-state index contributed by atoms with van der Waals surface area (Å²) in [7, 11) is 0. The first-order valence-electron chi connectivity index (χ1n) is 5.92. The molecule has 5 heteroatoms. The minimum absolute atomic E-state index is 0.0369. The first kappa shape index (κ1) is 14.4. The van der Waals surface area contributed by atoms with E-state index in [0.717, 1.165) is 6.42 Å². The van der Waals surface area contributed by atoms with Crippen LogP contribution in [-0.2, 0) is 4.79 Å². The molecule has 0 saturated carbocycles. The summed E-state index contributed by atoms with van der Waals surface area (Å²) in [6, 6.07) is 1.76. The molecule has 0 aliphatic carbocycles. The van der Waals surface area contributed by atoms with Crippen LogP contribution in [0.2, 0.25) is 0 Å². The lowest BCUT2D eigenvalue weighted by Gasteiger charge is -2.05. The Labute approximate surface area is 111 Å². The fraction of sp³-hybridized carbons (Fsp3) is 0.385. The van der Waals surface area contributed by atoms with Gasteiger partial charge >= 0.3 is 0 Å². The third kappa shape index (κ3) is 5.63. The molecule has 0 atom stereocenters. The summed E-state index contributed by atoms with van der Waals surface area (Å²) in [5.74, 6) is -0.164. The highest BCUT2D eigenvalue weighted by Gasteiger charge is 2.06. The molecule has 0 saturated heterocycles. The maximum Gasteiger partial charge on any atom is 0.252 e. The number of allylic oxidation sites excluding steroid dienone is 1. The quantitative estimate of drug-likeness (QED) is 0.585. The summed E-state index contributed by atoms with van der Waals surface area (Å²) in [5.41, 5.74) is 0.647. The van der Waals surface area contributed by atoms with E-state index in [2.05, 4.69) is 10.6 Å². The molecule has 0 bridgehead atoms. The van der Waals surface area contributed by atoms with E-state index < -0.39 is 0 Å². The molecule has 1 rings (SSSR count). The van der Waals surface area contributed by atoms with Gasteiger partial charge in [-0.15, -0.1) is 0 Å². The van der Waals surface area contributed by atoms with Gasteiger partial charge in [-0.25, -0.2) is 0 Å². The molecule has 0 aliphatic rings. The van der Waals surface area contributed by atoms with Crippen LogP contribution in [0.4, 0.5) is 0 Å². The van der Waals surface area contributed by atoms with E-state index in [4.69, 9.17) is 0 Å². The van der Waals surface area contributed by atoms with Gasteiger partial charge in [0.15, 0.2) is 0 Å². The van der Waals surface area contributed by atoms with Crippen molar-refractivity contribution in [3.05, 3.63) is 34.5 Å². The number of carbonyl (C=O) groups excluding carboxylic acids is 2. The van der Waals surface area contributed by atoms with Crippen molar-refractivity contribution in [3.63, 3.8) is 0 Å². The largest absolute Gasteiger partial charge is 0.356 e. The molecule has 2 amide bonds. The summed E-state index contributed by atoms with van der Waals surface area (Å²) in [4.78, 5) is 22.9. The van der Waals surface area contributed by atoms with E-state index >= 15 is 0 Å². The Morgan fingerprint density at radius 3 is 2.83 bits per heavy atom. The van der Waals surface area contributed by atoms with Gasteiger partial charge in [-0.2, -0.15) is 11.3 Å². The molecule has 4 nitrogen and oxygen atoms in total. The molecule has 1 heterocycles. The second-order valence-corrected chi connectivity index (χ2v) is 4.51. The molecule has 0 fully saturated rings. The molecule has 0 unspecified atom stereocenters. The van der Waals surface area contributed by atoms with Gasteiger partial charge in [0.1, 0.15) is 0 Å². The van der Waals surface area contributed by atoms with E-state index in [0.29, 0.717) is 25.1 Å². The molecular weight excluding hydrogens is 248 g/mol. The van der Waals surface area contributed by atoms with Gasteiger partial charge < -0.3 is 10.6 Å². The molecule has 0 aliphatic heterocycles. The zero-order valence-electron chi connectivity index (χ0n) is 10.4. The summed E-state index contributed by atoms with van der Waals surface area (Å²) in [6.45, 7) is 2.95. The highest BCUT2D eigenvalue weighted by molar-refractivity contribution is 7.08. The van der Waals surface area contributed by atoms with Crippen LogP contribution in [0.3, 0.4) is 0 Å². The van der Waals surface area contributed by atoms with Gasteiger partial charge in [-0.3, -0.25) is 9.59 Å². The van der Waals surface area contributed by atoms with Gasteiger partial charge in [-0.05, 0) is 24.8 Å². The normalized spacial score (nSPS) is 10.5. The second kappa shape index (κ2) is 8.47. The van der Waals surface area contributed by atoms with Gasteiger partial charge in [0.25, 0.3) is 5.91 Å². The average molecular weight is 266 g/mol. The summed E-state index contributed by atoms with van der Waals surface area (Å²) >= 11 is 1.48. The molecule has 0 spiro atoms. The number of hydrogen-bond donors (Lipinski definition) is 2. The van der Waals surface area contributed by atoms with Crippen molar-refractivity contribution in [2.75, 3.05) is 13.1 Å². The number of nitrogens with one attached hydrogen (secondary N) is 2. The first-order valence-corrected chi connectivity index (χ1v) is 6.86. The number of carbonyl (C=O) groups is 2. The van der Waals surface area contributed by atoms with Crippen molar-refractivity contribution in [1.29, 1.82) is 0 Å². The predicted octanol–water partition coefficient (Wildman–Crippen LogP) is 1.95. The van der Waals surface area contributed by atoms with Crippen LogP contribution in [-0.4, -0.2) is 24.9 Å². The minimum atomic E-state index is -0.127. The van der Waals surface area contributed by atoms with Crippen LogP contribution >= 0.6 is 11.3 Å². The Morgan fingerprint density at radius 1 is 1.33 bits per heavy atom. The van der Waals surface area contributed by atoms with Crippen molar-refractivity contribution < 1.29 is 9.59 Å². The number of thiophene rings is 1. The van der Waals surface area contributed by atoms with Crippen molar-refractivity contribution in [1.82, 2.24) is 10.6 Å². The summed E-state index contributed by atoms with van der Waals surface area (Å²) < 4.78 is 0. The molecule has 2 N–H and O–H groups in total. The lowest BCUT2D eigenvalue weighted by Crippen LogP contribution is -2.30. The Kier molecular flexibility index (Phi) is 6.79. The highest BCUT2D eigenvalue weighted by Crippen LogP contribution is 2.04. The Morgan fingerprint density at radius 2 is 2.17 bits per heavy atom. The maximum atomic E-state index is 11.5. The van der Waals surface area contributed by atoms with Crippen LogP contribution in [0.15, 0.2) is 29.0 Å². The minimum Gasteiger partial charge on any atom is -0.356 e. The Bertz CT molecular complexity index is 399. The van der Waals surface area contributed by atoms with Crippen LogP contribution in [0.1, 0.15) is 30.1 Å². The topological polar surface area (TPSA) is 58.2 Å². The van der Waals surface area contributed by atoms with E-state index in [9.17, 15) is 9.59 Å². The third-order valence-corrected chi connectivity index (χ3v) is 2.97. The molecular formula is C13H18N2O2S. The number of rotatable bonds is 7. The van der Waals surface area contributed by atoms with Crippen molar-refractivity contribution in [2.45, 2.75) is 19.8 Å². The third-order valence-electron chi connectivity index (χ3n) is 2.29. The fourth-order valence-electron chi connectivity index (χ4n) is 1.34. The average Bonchev–Trinajstić information content (AvgIpc) is 2.88. The molecule has 98 valence electrons. The van der Waals surface area contributed by atoms with Crippen LogP contribution < -0.4 is 10.6 Å². The smallest absolute Gasteiger partial charge is 0.252 e. The highest BCUT2D eigenvalue weighted by atomic mass is 32.1. The van der Waals surface area contributed by atoms with Crippen LogP contribution in [0.25, 0.3) is 0 Å². The zero-order valence-corrected chi connectivity index (χ0v) is 11.3. The van der Waals surface area contributed by atoms with Crippen molar-refractivity contribution >= 4 is 23.2 Å². The number of amides is 2. The van der Waals surface area contributed by atoms with E-state index in [1.807, 2.05) is 24.5 Å². The van der Waals surface area contributed by atoms with Gasteiger partial charge in [0.05, 0.1) is 0 Å². The molecule has 0 radical (unpaired) electrons. The molecule has 18 heavy (non-hydrogen) atoms. The van der Waals surface area contributed by atoms with Crippen molar-refractivity contribution in [3.8, 4) is 0 Å². The van der Waals surface area contributed by atoms with Crippen LogP contribution in [0.5, 0.6) is 0 Å². The van der Waals surface area contributed by atoms with Gasteiger partial charge in [0, 0.05) is 30.5 Å². The Hall–Kier alpha value is -1.62. The predicted molar refractivity (Wildman–Crippen MR) is 73.7 cm³/mol. The molecule has 0 aromatic carbocycles. The maximum absolute atomic E-state index is 11.5.